The first kappa shape index (κ1) is 15.8. The molecule has 4 nitrogen and oxygen atoms in total. The zero-order chi connectivity index (χ0) is 15.2. The fraction of sp³-hybridized carbons (Fsp3) is 0.588. The SMILES string of the molecule is CC1CCCCC1N(C)C(=O)CNc1cccc(CO)c1. The molecule has 2 N–H and O–H groups in total. The molecule has 0 saturated heterocycles. The van der Waals surface area contributed by atoms with Gasteiger partial charge in [0.25, 0.3) is 0 Å². The second-order valence-corrected chi connectivity index (χ2v) is 6.05. The first-order chi connectivity index (χ1) is 10.1. The Bertz CT molecular complexity index is 476. The van der Waals surface area contributed by atoms with Crippen molar-refractivity contribution in [1.82, 2.24) is 4.90 Å². The third kappa shape index (κ3) is 4.21. The van der Waals surface area contributed by atoms with Crippen LogP contribution in [0.4, 0.5) is 5.69 Å². The molecule has 0 spiro atoms. The van der Waals surface area contributed by atoms with Crippen molar-refractivity contribution in [3.63, 3.8) is 0 Å². The van der Waals surface area contributed by atoms with Crippen LogP contribution in [0.15, 0.2) is 24.3 Å². The number of amides is 1. The first-order valence-electron chi connectivity index (χ1n) is 7.81. The number of carbonyl (C=O) groups excluding carboxylic acids is 1. The molecule has 1 saturated carbocycles. The summed E-state index contributed by atoms with van der Waals surface area (Å²) in [6.07, 6.45) is 4.84. The lowest BCUT2D eigenvalue weighted by Crippen LogP contribution is -2.44. The average Bonchev–Trinajstić information content (AvgIpc) is 2.52. The van der Waals surface area contributed by atoms with Crippen LogP contribution in [0.5, 0.6) is 0 Å². The second kappa shape index (κ2) is 7.46. The Labute approximate surface area is 127 Å². The van der Waals surface area contributed by atoms with Crippen molar-refractivity contribution in [3.8, 4) is 0 Å². The zero-order valence-corrected chi connectivity index (χ0v) is 13.0. The van der Waals surface area contributed by atoms with Crippen molar-refractivity contribution < 1.29 is 9.90 Å². The summed E-state index contributed by atoms with van der Waals surface area (Å²) in [5.41, 5.74) is 1.72. The molecular formula is C17H26N2O2. The van der Waals surface area contributed by atoms with Gasteiger partial charge >= 0.3 is 0 Å². The van der Waals surface area contributed by atoms with E-state index in [-0.39, 0.29) is 12.5 Å². The largest absolute Gasteiger partial charge is 0.392 e. The highest BCUT2D eigenvalue weighted by Gasteiger charge is 2.27. The molecule has 1 aromatic rings. The van der Waals surface area contributed by atoms with Gasteiger partial charge in [0.2, 0.25) is 5.91 Å². The van der Waals surface area contributed by atoms with E-state index in [2.05, 4.69) is 12.2 Å². The Morgan fingerprint density at radius 3 is 2.86 bits per heavy atom. The van der Waals surface area contributed by atoms with Crippen molar-refractivity contribution in [3.05, 3.63) is 29.8 Å². The van der Waals surface area contributed by atoms with Gasteiger partial charge in [-0.2, -0.15) is 0 Å². The molecule has 0 radical (unpaired) electrons. The molecule has 1 amide bonds. The maximum atomic E-state index is 12.3. The normalized spacial score (nSPS) is 21.9. The summed E-state index contributed by atoms with van der Waals surface area (Å²) < 4.78 is 0. The lowest BCUT2D eigenvalue weighted by atomic mass is 9.85. The van der Waals surface area contributed by atoms with Crippen LogP contribution in [0.25, 0.3) is 0 Å². The predicted molar refractivity (Wildman–Crippen MR) is 85.0 cm³/mol. The smallest absolute Gasteiger partial charge is 0.241 e. The van der Waals surface area contributed by atoms with E-state index in [9.17, 15) is 4.79 Å². The van der Waals surface area contributed by atoms with Crippen LogP contribution in [-0.4, -0.2) is 35.5 Å². The van der Waals surface area contributed by atoms with Crippen LogP contribution in [0.2, 0.25) is 0 Å². The number of benzene rings is 1. The van der Waals surface area contributed by atoms with Gasteiger partial charge in [-0.3, -0.25) is 4.79 Å². The molecule has 2 unspecified atom stereocenters. The number of nitrogens with one attached hydrogen (secondary N) is 1. The number of aliphatic hydroxyl groups is 1. The highest BCUT2D eigenvalue weighted by atomic mass is 16.3. The van der Waals surface area contributed by atoms with E-state index in [1.807, 2.05) is 36.2 Å². The Kier molecular flexibility index (Phi) is 5.62. The number of rotatable bonds is 5. The highest BCUT2D eigenvalue weighted by Crippen LogP contribution is 2.27. The quantitative estimate of drug-likeness (QED) is 0.876. The molecule has 0 aliphatic heterocycles. The molecule has 21 heavy (non-hydrogen) atoms. The van der Waals surface area contributed by atoms with Crippen LogP contribution in [0.1, 0.15) is 38.2 Å². The number of anilines is 1. The van der Waals surface area contributed by atoms with Crippen molar-refractivity contribution in [2.24, 2.45) is 5.92 Å². The second-order valence-electron chi connectivity index (χ2n) is 6.05. The van der Waals surface area contributed by atoms with Gasteiger partial charge < -0.3 is 15.3 Å². The minimum atomic E-state index is 0.0168. The van der Waals surface area contributed by atoms with Crippen molar-refractivity contribution in [2.45, 2.75) is 45.3 Å². The monoisotopic (exact) mass is 290 g/mol. The molecule has 1 aliphatic rings. The Hall–Kier alpha value is -1.55. The molecule has 0 aromatic heterocycles. The van der Waals surface area contributed by atoms with Gasteiger partial charge in [-0.15, -0.1) is 0 Å². The molecule has 1 aromatic carbocycles. The van der Waals surface area contributed by atoms with Crippen molar-refractivity contribution >= 4 is 11.6 Å². The molecule has 1 aliphatic carbocycles. The summed E-state index contributed by atoms with van der Waals surface area (Å²) in [7, 11) is 1.92. The number of aliphatic hydroxyl groups excluding tert-OH is 1. The molecule has 0 heterocycles. The Balaban J connectivity index is 1.88. The maximum Gasteiger partial charge on any atom is 0.241 e. The summed E-state index contributed by atoms with van der Waals surface area (Å²) in [4.78, 5) is 14.2. The van der Waals surface area contributed by atoms with Crippen LogP contribution in [0.3, 0.4) is 0 Å². The molecular weight excluding hydrogens is 264 g/mol. The summed E-state index contributed by atoms with van der Waals surface area (Å²) in [5, 5.41) is 12.3. The van der Waals surface area contributed by atoms with Gasteiger partial charge in [0.1, 0.15) is 0 Å². The van der Waals surface area contributed by atoms with Crippen molar-refractivity contribution in [1.29, 1.82) is 0 Å². The Morgan fingerprint density at radius 1 is 1.38 bits per heavy atom. The van der Waals surface area contributed by atoms with E-state index in [4.69, 9.17) is 5.11 Å². The van der Waals surface area contributed by atoms with E-state index < -0.39 is 0 Å². The molecule has 2 rings (SSSR count). The topological polar surface area (TPSA) is 52.6 Å². The zero-order valence-electron chi connectivity index (χ0n) is 13.0. The average molecular weight is 290 g/mol. The minimum absolute atomic E-state index is 0.0168. The fourth-order valence-electron chi connectivity index (χ4n) is 3.14. The maximum absolute atomic E-state index is 12.3. The highest BCUT2D eigenvalue weighted by molar-refractivity contribution is 5.81. The summed E-state index contributed by atoms with van der Waals surface area (Å²) in [6.45, 7) is 2.56. The van der Waals surface area contributed by atoms with Gasteiger partial charge in [-0.05, 0) is 36.5 Å². The van der Waals surface area contributed by atoms with Crippen molar-refractivity contribution in [2.75, 3.05) is 18.9 Å². The molecule has 2 atom stereocenters. The van der Waals surface area contributed by atoms with Crippen LogP contribution in [-0.2, 0) is 11.4 Å². The number of likely N-dealkylation sites (N-methyl/N-ethyl adjacent to an activating group) is 1. The van der Waals surface area contributed by atoms with Crippen LogP contribution in [0, 0.1) is 5.92 Å². The Morgan fingerprint density at radius 2 is 2.14 bits per heavy atom. The fourth-order valence-corrected chi connectivity index (χ4v) is 3.14. The van der Waals surface area contributed by atoms with Gasteiger partial charge in [-0.25, -0.2) is 0 Å². The number of nitrogens with zero attached hydrogens (tertiary/aromatic N) is 1. The van der Waals surface area contributed by atoms with E-state index >= 15 is 0 Å². The lowest BCUT2D eigenvalue weighted by Gasteiger charge is -2.36. The van der Waals surface area contributed by atoms with Gasteiger partial charge in [0, 0.05) is 18.8 Å². The third-order valence-corrected chi connectivity index (χ3v) is 4.51. The van der Waals surface area contributed by atoms with Gasteiger partial charge in [0.05, 0.1) is 13.2 Å². The predicted octanol–water partition coefficient (Wildman–Crippen LogP) is 2.63. The summed E-state index contributed by atoms with van der Waals surface area (Å²) in [6, 6.07) is 7.90. The number of carbonyl (C=O) groups is 1. The lowest BCUT2D eigenvalue weighted by molar-refractivity contribution is -0.131. The van der Waals surface area contributed by atoms with Crippen LogP contribution < -0.4 is 5.32 Å². The summed E-state index contributed by atoms with van der Waals surface area (Å²) >= 11 is 0. The molecule has 0 bridgehead atoms. The minimum Gasteiger partial charge on any atom is -0.392 e. The third-order valence-electron chi connectivity index (χ3n) is 4.51. The van der Waals surface area contributed by atoms with Crippen LogP contribution >= 0.6 is 0 Å². The van der Waals surface area contributed by atoms with Gasteiger partial charge in [0.15, 0.2) is 0 Å². The van der Waals surface area contributed by atoms with E-state index in [1.54, 1.807) is 0 Å². The standard InChI is InChI=1S/C17H26N2O2/c1-13-6-3-4-9-16(13)19(2)17(21)11-18-15-8-5-7-14(10-15)12-20/h5,7-8,10,13,16,18,20H,3-4,6,9,11-12H2,1-2H3. The van der Waals surface area contributed by atoms with E-state index in [0.29, 0.717) is 18.5 Å². The van der Waals surface area contributed by atoms with E-state index in [1.165, 1.54) is 19.3 Å². The molecule has 116 valence electrons. The van der Waals surface area contributed by atoms with Gasteiger partial charge in [-0.1, -0.05) is 31.9 Å². The molecule has 1 fully saturated rings. The van der Waals surface area contributed by atoms with E-state index in [0.717, 1.165) is 17.7 Å². The summed E-state index contributed by atoms with van der Waals surface area (Å²) in [5.74, 6) is 0.716. The molecule has 4 heteroatoms. The first-order valence-corrected chi connectivity index (χ1v) is 7.81. The number of hydrogen-bond acceptors (Lipinski definition) is 3. The number of hydrogen-bond donors (Lipinski definition) is 2.